The van der Waals surface area contributed by atoms with Gasteiger partial charge in [-0.25, -0.2) is 9.69 Å². The van der Waals surface area contributed by atoms with Gasteiger partial charge in [0.25, 0.3) is 0 Å². The van der Waals surface area contributed by atoms with Gasteiger partial charge in [0.1, 0.15) is 5.78 Å². The third kappa shape index (κ3) is 2.59. The molecule has 35 heavy (non-hydrogen) atoms. The highest BCUT2D eigenvalue weighted by Gasteiger charge is 2.69. The van der Waals surface area contributed by atoms with Crippen LogP contribution < -0.4 is 4.90 Å². The molecule has 6 nitrogen and oxygen atoms in total. The molecule has 0 radical (unpaired) electrons. The number of ether oxygens (including phenoxy) is 1. The molecule has 2 bridgehead atoms. The minimum atomic E-state index is -1.22. The Labute approximate surface area is 202 Å². The Balaban J connectivity index is 1.53. The molecule has 4 aliphatic rings. The predicted octanol–water partition coefficient (Wildman–Crippen LogP) is 4.00. The Morgan fingerprint density at radius 2 is 1.43 bits per heavy atom. The van der Waals surface area contributed by atoms with Crippen molar-refractivity contribution in [2.24, 2.45) is 11.8 Å². The average Bonchev–Trinajstić information content (AvgIpc) is 3.14. The smallest absolute Gasteiger partial charge is 0.338 e. The summed E-state index contributed by atoms with van der Waals surface area (Å²) in [4.78, 5) is 54.9. The second-order valence-electron chi connectivity index (χ2n) is 9.30. The maximum absolute atomic E-state index is 14.1. The SMILES string of the molecule is CCOC(=O)c1ccc(N2C(=O)[C@H]3C4c5ccccc5C(C(C)=O)(c5ccccc54)[C@H]3C2=O)cc1. The van der Waals surface area contributed by atoms with Gasteiger partial charge in [-0.2, -0.15) is 0 Å². The zero-order valence-corrected chi connectivity index (χ0v) is 19.4. The van der Waals surface area contributed by atoms with Gasteiger partial charge in [-0.1, -0.05) is 48.5 Å². The molecule has 174 valence electrons. The largest absolute Gasteiger partial charge is 0.462 e. The molecule has 0 unspecified atom stereocenters. The molecule has 6 heteroatoms. The summed E-state index contributed by atoms with van der Waals surface area (Å²) < 4.78 is 5.04. The van der Waals surface area contributed by atoms with Crippen molar-refractivity contribution in [2.75, 3.05) is 11.5 Å². The Kier molecular flexibility index (Phi) is 4.58. The molecule has 7 rings (SSSR count). The first-order valence-corrected chi connectivity index (χ1v) is 11.8. The van der Waals surface area contributed by atoms with E-state index in [0.29, 0.717) is 11.3 Å². The van der Waals surface area contributed by atoms with E-state index in [2.05, 4.69) is 0 Å². The number of Topliss-reactive ketones (excluding diaryl/α,β-unsaturated/α-hetero) is 1. The number of carbonyl (C=O) groups excluding carboxylic acids is 4. The summed E-state index contributed by atoms with van der Waals surface area (Å²) >= 11 is 0. The summed E-state index contributed by atoms with van der Waals surface area (Å²) in [5, 5.41) is 0. The van der Waals surface area contributed by atoms with E-state index in [-0.39, 0.29) is 30.1 Å². The fourth-order valence-corrected chi connectivity index (χ4v) is 6.59. The summed E-state index contributed by atoms with van der Waals surface area (Å²) in [5.41, 5.74) is 3.00. The third-order valence-electron chi connectivity index (χ3n) is 7.81. The normalized spacial score (nSPS) is 25.7. The quantitative estimate of drug-likeness (QED) is 0.430. The van der Waals surface area contributed by atoms with Crippen LogP contribution in [0.2, 0.25) is 0 Å². The molecule has 3 aliphatic carbocycles. The molecule has 0 aromatic heterocycles. The molecule has 2 amide bonds. The van der Waals surface area contributed by atoms with Crippen LogP contribution in [0.25, 0.3) is 0 Å². The van der Waals surface area contributed by atoms with E-state index in [4.69, 9.17) is 4.74 Å². The number of hydrogen-bond donors (Lipinski definition) is 0. The molecular weight excluding hydrogens is 442 g/mol. The van der Waals surface area contributed by atoms with E-state index >= 15 is 0 Å². The zero-order chi connectivity index (χ0) is 24.5. The first kappa shape index (κ1) is 21.5. The van der Waals surface area contributed by atoms with Crippen molar-refractivity contribution in [1.82, 2.24) is 0 Å². The first-order valence-electron chi connectivity index (χ1n) is 11.8. The van der Waals surface area contributed by atoms with Gasteiger partial charge in [0.05, 0.1) is 35.1 Å². The molecule has 1 fully saturated rings. The predicted molar refractivity (Wildman–Crippen MR) is 128 cm³/mol. The number of hydrogen-bond acceptors (Lipinski definition) is 5. The van der Waals surface area contributed by atoms with Gasteiger partial charge in [-0.15, -0.1) is 0 Å². The van der Waals surface area contributed by atoms with E-state index < -0.39 is 23.2 Å². The minimum Gasteiger partial charge on any atom is -0.462 e. The number of esters is 1. The first-order chi connectivity index (χ1) is 16.9. The van der Waals surface area contributed by atoms with Crippen molar-refractivity contribution in [3.8, 4) is 0 Å². The number of rotatable bonds is 4. The van der Waals surface area contributed by atoms with Gasteiger partial charge < -0.3 is 4.74 Å². The van der Waals surface area contributed by atoms with Gasteiger partial charge in [0.15, 0.2) is 0 Å². The molecule has 3 aromatic carbocycles. The van der Waals surface area contributed by atoms with Crippen LogP contribution in [0.3, 0.4) is 0 Å². The highest BCUT2D eigenvalue weighted by Crippen LogP contribution is 2.64. The van der Waals surface area contributed by atoms with Gasteiger partial charge in [-0.3, -0.25) is 14.4 Å². The van der Waals surface area contributed by atoms with E-state index in [1.165, 1.54) is 11.8 Å². The van der Waals surface area contributed by atoms with Gasteiger partial charge in [0, 0.05) is 5.92 Å². The van der Waals surface area contributed by atoms with Crippen molar-refractivity contribution >= 4 is 29.3 Å². The van der Waals surface area contributed by atoms with E-state index in [9.17, 15) is 19.2 Å². The number of anilines is 1. The summed E-state index contributed by atoms with van der Waals surface area (Å²) in [6, 6.07) is 21.7. The van der Waals surface area contributed by atoms with Gasteiger partial charge >= 0.3 is 5.97 Å². The highest BCUT2D eigenvalue weighted by atomic mass is 16.5. The van der Waals surface area contributed by atoms with Crippen LogP contribution in [-0.4, -0.2) is 30.2 Å². The van der Waals surface area contributed by atoms with E-state index in [0.717, 1.165) is 22.3 Å². The van der Waals surface area contributed by atoms with Crippen LogP contribution in [0, 0.1) is 11.8 Å². The minimum absolute atomic E-state index is 0.147. The molecule has 2 atom stereocenters. The molecule has 0 spiro atoms. The molecular formula is C29H23NO5. The zero-order valence-electron chi connectivity index (χ0n) is 19.4. The van der Waals surface area contributed by atoms with Crippen LogP contribution in [0.5, 0.6) is 0 Å². The number of carbonyl (C=O) groups is 4. The van der Waals surface area contributed by atoms with Crippen LogP contribution in [-0.2, 0) is 24.5 Å². The van der Waals surface area contributed by atoms with Crippen molar-refractivity contribution in [2.45, 2.75) is 25.2 Å². The van der Waals surface area contributed by atoms with Crippen molar-refractivity contribution in [3.63, 3.8) is 0 Å². The Bertz CT molecular complexity index is 1380. The molecule has 1 heterocycles. The fourth-order valence-electron chi connectivity index (χ4n) is 6.59. The van der Waals surface area contributed by atoms with Crippen LogP contribution >= 0.6 is 0 Å². The highest BCUT2D eigenvalue weighted by molar-refractivity contribution is 6.25. The molecule has 0 N–H and O–H groups in total. The monoisotopic (exact) mass is 465 g/mol. The molecule has 1 aliphatic heterocycles. The Hall–Kier alpha value is -4.06. The topological polar surface area (TPSA) is 80.8 Å². The number of ketones is 1. The second-order valence-corrected chi connectivity index (χ2v) is 9.30. The van der Waals surface area contributed by atoms with Crippen molar-refractivity contribution < 1.29 is 23.9 Å². The van der Waals surface area contributed by atoms with E-state index in [1.807, 2.05) is 48.5 Å². The van der Waals surface area contributed by atoms with Crippen LogP contribution in [0.1, 0.15) is 52.4 Å². The van der Waals surface area contributed by atoms with Crippen LogP contribution in [0.4, 0.5) is 5.69 Å². The number of amides is 2. The standard InChI is InChI=1S/C29H23NO5/c1-3-35-28(34)17-12-14-18(15-13-17)30-26(32)24-23-19-8-4-6-10-21(19)29(16(2)31,25(24)27(30)33)22-11-7-5-9-20(22)23/h4-15,23-25H,3H2,1-2H3/t23?,24-,25+,29?/m0/s1. The Morgan fingerprint density at radius 1 is 0.857 bits per heavy atom. The third-order valence-corrected chi connectivity index (χ3v) is 7.81. The summed E-state index contributed by atoms with van der Waals surface area (Å²) in [6.45, 7) is 3.50. The lowest BCUT2D eigenvalue weighted by Crippen LogP contribution is -2.57. The number of imide groups is 1. The summed E-state index contributed by atoms with van der Waals surface area (Å²) in [6.07, 6.45) is 0. The maximum Gasteiger partial charge on any atom is 0.338 e. The van der Waals surface area contributed by atoms with Crippen LogP contribution in [0.15, 0.2) is 72.8 Å². The van der Waals surface area contributed by atoms with Crippen molar-refractivity contribution in [1.29, 1.82) is 0 Å². The lowest BCUT2D eigenvalue weighted by atomic mass is 9.46. The number of benzene rings is 3. The fraction of sp³-hybridized carbons (Fsp3) is 0.241. The molecule has 0 saturated carbocycles. The van der Waals surface area contributed by atoms with E-state index in [1.54, 1.807) is 31.2 Å². The molecule has 3 aromatic rings. The summed E-state index contributed by atoms with van der Waals surface area (Å²) in [5.74, 6) is -3.13. The summed E-state index contributed by atoms with van der Waals surface area (Å²) in [7, 11) is 0. The second kappa shape index (κ2) is 7.47. The average molecular weight is 466 g/mol. The molecule has 1 saturated heterocycles. The van der Waals surface area contributed by atoms with Gasteiger partial charge in [0.2, 0.25) is 11.8 Å². The van der Waals surface area contributed by atoms with Crippen molar-refractivity contribution in [3.05, 3.63) is 101 Å². The lowest BCUT2D eigenvalue weighted by molar-refractivity contribution is -0.132. The van der Waals surface area contributed by atoms with Gasteiger partial charge in [-0.05, 0) is 60.4 Å². The number of nitrogens with zero attached hydrogens (tertiary/aromatic N) is 1. The lowest BCUT2D eigenvalue weighted by Gasteiger charge is -2.52. The maximum atomic E-state index is 14.1. The Morgan fingerprint density at radius 3 is 1.97 bits per heavy atom.